The van der Waals surface area contributed by atoms with E-state index in [1.54, 1.807) is 18.5 Å². The van der Waals surface area contributed by atoms with Crippen molar-refractivity contribution in [2.24, 2.45) is 0 Å². The zero-order valence-electron chi connectivity index (χ0n) is 20.3. The van der Waals surface area contributed by atoms with E-state index >= 15 is 0 Å². The molecule has 184 valence electrons. The van der Waals surface area contributed by atoms with E-state index in [9.17, 15) is 0 Å². The normalized spacial score (nSPS) is 11.6. The van der Waals surface area contributed by atoms with Gasteiger partial charge in [-0.2, -0.15) is 0 Å². The number of hydrogen-bond acceptors (Lipinski definition) is 0. The summed E-state index contributed by atoms with van der Waals surface area (Å²) >= 11 is 10.2. The molecule has 0 nitrogen and oxygen atoms in total. The number of unbranched alkanes of at least 4 members (excludes halogenated alkanes) is 15. The molecule has 0 saturated carbocycles. The molecule has 0 fully saturated rings. The van der Waals surface area contributed by atoms with Crippen LogP contribution in [-0.4, -0.2) is 21.0 Å². The Morgan fingerprint density at radius 1 is 0.400 bits per heavy atom. The van der Waals surface area contributed by atoms with Gasteiger partial charge in [-0.1, -0.05) is 117 Å². The summed E-state index contributed by atoms with van der Waals surface area (Å²) in [5.74, 6) is 0. The summed E-state index contributed by atoms with van der Waals surface area (Å²) in [6.07, 6.45) is 31.2. The Labute approximate surface area is 236 Å². The zero-order chi connectivity index (χ0) is 22.9. The van der Waals surface area contributed by atoms with Crippen molar-refractivity contribution in [1.29, 1.82) is 0 Å². The predicted octanol–water partition coefficient (Wildman–Crippen LogP) is 12.7. The summed E-state index contributed by atoms with van der Waals surface area (Å²) in [5, 5.41) is 0. The first kappa shape index (κ1) is 36.3. The summed E-state index contributed by atoms with van der Waals surface area (Å²) in [7, 11) is 0.366. The standard InChI is InChI=1S/C24H51P.4HI.Sn/c1-4-7-10-13-16-19-22-25(23-20-17-14-11-8-5-2)24-21-18-15-12-9-6-3;;;;;/h4-24H2,1-3H3;4*1H;/q;;;;;+4/p-4. The van der Waals surface area contributed by atoms with Crippen LogP contribution < -0.4 is 0 Å². The molecule has 0 aliphatic carbocycles. The van der Waals surface area contributed by atoms with Gasteiger partial charge in [0.25, 0.3) is 0 Å². The van der Waals surface area contributed by atoms with Crippen LogP contribution >= 0.6 is 82.5 Å². The van der Waals surface area contributed by atoms with E-state index < -0.39 is 2.50 Å². The Morgan fingerprint density at radius 2 is 0.600 bits per heavy atom. The van der Waals surface area contributed by atoms with E-state index in [2.05, 4.69) is 95.3 Å². The van der Waals surface area contributed by atoms with Gasteiger partial charge >= 0.3 is 77.0 Å². The van der Waals surface area contributed by atoms with Crippen molar-refractivity contribution < 1.29 is 0 Å². The molecule has 0 aromatic carbocycles. The Kier molecular flexibility index (Phi) is 35.6. The zero-order valence-corrected chi connectivity index (χ0v) is 32.7. The number of rotatable bonds is 21. The third kappa shape index (κ3) is 39.4. The summed E-state index contributed by atoms with van der Waals surface area (Å²) in [6.45, 7) is 6.96. The van der Waals surface area contributed by atoms with Gasteiger partial charge in [-0.25, -0.2) is 0 Å². The first-order valence-corrected chi connectivity index (χ1v) is 48.0. The van der Waals surface area contributed by atoms with Crippen LogP contribution in [0.1, 0.15) is 136 Å². The van der Waals surface area contributed by atoms with Crippen LogP contribution in [0, 0.1) is 0 Å². The van der Waals surface area contributed by atoms with Gasteiger partial charge in [-0.3, -0.25) is 0 Å². The molecule has 0 aromatic heterocycles. The molecule has 0 heterocycles. The second-order valence-electron chi connectivity index (χ2n) is 8.57. The molecule has 0 radical (unpaired) electrons. The maximum absolute atomic E-state index is 2.55. The van der Waals surface area contributed by atoms with E-state index in [1.165, 1.54) is 116 Å². The number of halogens is 4. The summed E-state index contributed by atoms with van der Waals surface area (Å²) in [6, 6.07) is 0. The van der Waals surface area contributed by atoms with Crippen LogP contribution in [0.15, 0.2) is 0 Å². The molecule has 30 heavy (non-hydrogen) atoms. The van der Waals surface area contributed by atoms with Gasteiger partial charge in [0.2, 0.25) is 0 Å². The maximum atomic E-state index is 2.55. The van der Waals surface area contributed by atoms with Crippen molar-refractivity contribution in [3.05, 3.63) is 0 Å². The SMILES string of the molecule is CCCCCCCCP(CCCCCCCC)CCCCCCCC.[I][Sn]([I])([I])[I]. The van der Waals surface area contributed by atoms with Gasteiger partial charge in [0.15, 0.2) is 0 Å². The van der Waals surface area contributed by atoms with Crippen LogP contribution in [0.25, 0.3) is 0 Å². The summed E-state index contributed by atoms with van der Waals surface area (Å²) in [4.78, 5) is 0. The monoisotopic (exact) mass is 998 g/mol. The molecule has 0 aromatic rings. The number of hydrogen-bond donors (Lipinski definition) is 0. The molecule has 0 aliphatic heterocycles. The molecule has 0 rings (SSSR count). The van der Waals surface area contributed by atoms with Crippen LogP contribution in [0.4, 0.5) is 0 Å². The van der Waals surface area contributed by atoms with Crippen molar-refractivity contribution in [1.82, 2.24) is 0 Å². The molecule has 6 heteroatoms. The molecule has 0 atom stereocenters. The van der Waals surface area contributed by atoms with Crippen LogP contribution in [0.5, 0.6) is 0 Å². The van der Waals surface area contributed by atoms with Crippen LogP contribution in [0.3, 0.4) is 0 Å². The molecule has 0 spiro atoms. The Balaban J connectivity index is 0. The molecular formula is C24H51I4PSn. The second-order valence-corrected chi connectivity index (χ2v) is 140. The van der Waals surface area contributed by atoms with Crippen molar-refractivity contribution in [3.63, 3.8) is 0 Å². The van der Waals surface area contributed by atoms with E-state index in [1.807, 2.05) is 0 Å². The van der Waals surface area contributed by atoms with Gasteiger partial charge < -0.3 is 0 Å². The Bertz CT molecular complexity index is 270. The minimum atomic E-state index is -1.30. The van der Waals surface area contributed by atoms with Gasteiger partial charge in [-0.15, -0.1) is 7.92 Å². The van der Waals surface area contributed by atoms with Crippen molar-refractivity contribution in [3.8, 4) is 0 Å². The fraction of sp³-hybridized carbons (Fsp3) is 1.00. The molecule has 0 bridgehead atoms. The molecule has 0 saturated heterocycles. The second kappa shape index (κ2) is 29.4. The summed E-state index contributed by atoms with van der Waals surface area (Å²) < 4.78 is -1.30. The fourth-order valence-corrected chi connectivity index (χ4v) is 6.37. The fourth-order valence-electron chi connectivity index (χ4n) is 3.68. The quantitative estimate of drug-likeness (QED) is 0.0465. The van der Waals surface area contributed by atoms with Gasteiger partial charge in [0, 0.05) is 0 Å². The van der Waals surface area contributed by atoms with Crippen molar-refractivity contribution >= 4 is 85.0 Å². The first-order chi connectivity index (χ1) is 14.3. The van der Waals surface area contributed by atoms with Crippen molar-refractivity contribution in [2.75, 3.05) is 18.5 Å². The predicted molar refractivity (Wildman–Crippen MR) is 183 cm³/mol. The first-order valence-electron chi connectivity index (χ1n) is 12.8. The molecule has 0 N–H and O–H groups in total. The molecule has 0 amide bonds. The van der Waals surface area contributed by atoms with E-state index in [0.29, 0.717) is 7.92 Å². The van der Waals surface area contributed by atoms with Gasteiger partial charge in [0.05, 0.1) is 0 Å². The molecule has 0 unspecified atom stereocenters. The molecular weight excluding hydrogens is 946 g/mol. The minimum absolute atomic E-state index is 0.366. The van der Waals surface area contributed by atoms with E-state index in [4.69, 9.17) is 0 Å². The summed E-state index contributed by atoms with van der Waals surface area (Å²) in [5.41, 5.74) is 0. The molecule has 0 aliphatic rings. The topological polar surface area (TPSA) is 0 Å². The van der Waals surface area contributed by atoms with E-state index in [-0.39, 0.29) is 0 Å². The van der Waals surface area contributed by atoms with Crippen LogP contribution in [0.2, 0.25) is 0 Å². The van der Waals surface area contributed by atoms with Crippen molar-refractivity contribution in [2.45, 2.75) is 136 Å². The van der Waals surface area contributed by atoms with Gasteiger partial charge in [0.1, 0.15) is 0 Å². The average Bonchev–Trinajstić information content (AvgIpc) is 2.68. The third-order valence-electron chi connectivity index (χ3n) is 5.48. The van der Waals surface area contributed by atoms with Crippen LogP contribution in [-0.2, 0) is 0 Å². The third-order valence-corrected chi connectivity index (χ3v) is 8.33. The average molecular weight is 997 g/mol. The van der Waals surface area contributed by atoms with E-state index in [0.717, 1.165) is 0 Å². The Morgan fingerprint density at radius 3 is 0.833 bits per heavy atom. The Hall–Kier alpha value is 4.15. The van der Waals surface area contributed by atoms with Gasteiger partial charge in [-0.05, 0) is 37.7 Å².